The number of unbranched alkanes of at least 4 members (excludes halogenated alkanes) is 2. The minimum Gasteiger partial charge on any atom is -0.508 e. The Kier molecular flexibility index (Phi) is 52.8. The number of benzene rings is 2. The van der Waals surface area contributed by atoms with Gasteiger partial charge in [0.05, 0.1) is 51.9 Å². The van der Waals surface area contributed by atoms with E-state index < -0.39 is 311 Å². The van der Waals surface area contributed by atoms with Crippen LogP contribution in [0.3, 0.4) is 0 Å². The summed E-state index contributed by atoms with van der Waals surface area (Å²) in [5, 5.41) is 108. The molecule has 2 rings (SSSR count). The van der Waals surface area contributed by atoms with E-state index in [1.54, 1.807) is 41.5 Å². The first-order valence-corrected chi connectivity index (χ1v) is 43.3. The molecule has 0 spiro atoms. The molecule has 0 bridgehead atoms. The number of carboxylic acid groups (broad SMARTS) is 1. The van der Waals surface area contributed by atoms with Crippen molar-refractivity contribution >= 4 is 124 Å². The van der Waals surface area contributed by atoms with E-state index >= 15 is 0 Å². The molecule has 51 heteroatoms. The Balaban J connectivity index is 2.47. The zero-order valence-electron chi connectivity index (χ0n) is 75.8. The monoisotopic (exact) mass is 1900 g/mol. The molecule has 0 aliphatic rings. The molecule has 20 amide bonds. The molecule has 748 valence electrons. The third-order valence-corrected chi connectivity index (χ3v) is 20.1. The van der Waals surface area contributed by atoms with Crippen molar-refractivity contribution in [2.75, 3.05) is 46.1 Å². The molecule has 0 heterocycles. The highest BCUT2D eigenvalue weighted by Gasteiger charge is 2.40. The molecular weight excluding hydrogens is 1770 g/mol. The molecule has 0 unspecified atom stereocenters. The van der Waals surface area contributed by atoms with Crippen LogP contribution >= 0.6 is 0 Å². The molecular formula is C83H133N23O28. The Morgan fingerprint density at radius 1 is 0.299 bits per heavy atom. The number of phenols is 2. The van der Waals surface area contributed by atoms with Gasteiger partial charge in [-0.3, -0.25) is 101 Å². The summed E-state index contributed by atoms with van der Waals surface area (Å²) in [7, 11) is 0. The number of hydrogen-bond donors (Lipinski definition) is 30. The van der Waals surface area contributed by atoms with Crippen LogP contribution in [0.25, 0.3) is 0 Å². The number of nitrogens with two attached hydrogens (primary N) is 7. The fourth-order valence-corrected chi connectivity index (χ4v) is 12.8. The zero-order chi connectivity index (χ0) is 101. The van der Waals surface area contributed by atoms with E-state index in [0.29, 0.717) is 24.9 Å². The molecule has 2 aromatic rings. The number of primary amides is 4. The van der Waals surface area contributed by atoms with Gasteiger partial charge in [0.1, 0.15) is 102 Å². The number of phenolic OH excluding ortho intramolecular Hbond substituents is 2. The second kappa shape index (κ2) is 60.6. The lowest BCUT2D eigenvalue weighted by Crippen LogP contribution is -2.61. The molecule has 0 saturated heterocycles. The first-order chi connectivity index (χ1) is 63.0. The molecule has 16 atom stereocenters. The maximum absolute atomic E-state index is 14.6. The molecule has 0 aliphatic carbocycles. The molecule has 0 aliphatic heterocycles. The van der Waals surface area contributed by atoms with Crippen molar-refractivity contribution in [2.45, 2.75) is 254 Å². The number of carbonyl (C=O) groups excluding carboxylic acids is 20. The van der Waals surface area contributed by atoms with Gasteiger partial charge >= 0.3 is 5.97 Å². The Labute approximate surface area is 772 Å². The van der Waals surface area contributed by atoms with Crippen molar-refractivity contribution < 1.29 is 136 Å². The number of aliphatic hydroxyl groups excluding tert-OH is 4. The lowest BCUT2D eigenvalue weighted by atomic mass is 9.99. The van der Waals surface area contributed by atoms with Crippen LogP contribution in [0.2, 0.25) is 0 Å². The summed E-state index contributed by atoms with van der Waals surface area (Å²) in [6, 6.07) is -16.8. The van der Waals surface area contributed by atoms with E-state index in [1.165, 1.54) is 55.5 Å². The van der Waals surface area contributed by atoms with E-state index in [-0.39, 0.29) is 80.9 Å². The molecule has 37 N–H and O–H groups in total. The molecule has 134 heavy (non-hydrogen) atoms. The van der Waals surface area contributed by atoms with Crippen LogP contribution in [0.5, 0.6) is 11.5 Å². The van der Waals surface area contributed by atoms with Gasteiger partial charge in [-0.2, -0.15) is 0 Å². The van der Waals surface area contributed by atoms with E-state index in [1.807, 2.05) is 0 Å². The Morgan fingerprint density at radius 2 is 0.560 bits per heavy atom. The van der Waals surface area contributed by atoms with Gasteiger partial charge in [0.25, 0.3) is 0 Å². The maximum Gasteiger partial charge on any atom is 0.325 e. The van der Waals surface area contributed by atoms with Crippen LogP contribution in [-0.2, 0) is 114 Å². The number of rotatable bonds is 65. The van der Waals surface area contributed by atoms with Gasteiger partial charge in [0.2, 0.25) is 118 Å². The number of carboxylic acids is 1. The van der Waals surface area contributed by atoms with Crippen molar-refractivity contribution in [3.63, 3.8) is 0 Å². The van der Waals surface area contributed by atoms with Crippen LogP contribution in [0.1, 0.15) is 156 Å². The quantitative estimate of drug-likeness (QED) is 0.0274. The predicted octanol–water partition coefficient (Wildman–Crippen LogP) is -11.6. The smallest absolute Gasteiger partial charge is 0.325 e. The van der Waals surface area contributed by atoms with Gasteiger partial charge in [-0.25, -0.2) is 0 Å². The standard InChI is InChI=1S/C83H133N23O28/c1-40(2)28-52(73(123)92-43(7)83(133)134)97-76(126)55(31-44-14-18-46(111)19-15-44)101-79(129)58(34-66(90)116)102-70(120)49(13-9-11-27-85)94-71(121)50(22-24-63(87)113)95-78(128)57(33-65(89)115)93-67(117)35-91-69(119)59(36-107)104-77(127)56(32-45-16-20-47(112)21-17-45)100-75(125)53(29-41(3)4)98-74(124)54(30-42(5)6)99-81(131)62(39-110)105-72(122)51(23-25-64(88)114)96-80(130)61(38-109)106-82(132)60(37-108)103-68(118)48(86)12-8-10-26-84/h14-21,40-43,48-62,107-112H,8-13,22-39,84-86H2,1-7H3,(H2,87,113)(H2,88,114)(H2,89,115)(H2,90,116)(H,91,119)(H,92,123)(H,93,117)(H,94,121)(H,95,128)(H,96,130)(H,97,126)(H,98,124)(H,99,131)(H,100,125)(H,101,129)(H,102,120)(H,103,118)(H,104,127)(H,105,122)(H,106,132)(H,133,134)/t43-,48-,49-,50-,51-,52-,53-,54-,55-,56-,57-,58-,59-,60-,61-,62-/m0/s1. The molecule has 2 aromatic carbocycles. The molecule has 0 fully saturated rings. The number of nitrogens with one attached hydrogen (secondary N) is 16. The minimum atomic E-state index is -2.02. The topological polar surface area (TPSA) is 875 Å². The second-order valence-corrected chi connectivity index (χ2v) is 33.1. The maximum atomic E-state index is 14.6. The zero-order valence-corrected chi connectivity index (χ0v) is 75.8. The number of amides is 20. The normalized spacial score (nSPS) is 14.7. The summed E-state index contributed by atoms with van der Waals surface area (Å²) in [5.41, 5.74) is 39.5. The highest BCUT2D eigenvalue weighted by atomic mass is 16.4. The van der Waals surface area contributed by atoms with Gasteiger partial charge in [0.15, 0.2) is 0 Å². The van der Waals surface area contributed by atoms with Crippen molar-refractivity contribution in [3.05, 3.63) is 59.7 Å². The van der Waals surface area contributed by atoms with Crippen molar-refractivity contribution in [3.8, 4) is 11.5 Å². The fraction of sp³-hybridized carbons (Fsp3) is 0.602. The van der Waals surface area contributed by atoms with Crippen LogP contribution in [0, 0.1) is 17.8 Å². The van der Waals surface area contributed by atoms with Gasteiger partial charge in [0, 0.05) is 25.7 Å². The fourth-order valence-electron chi connectivity index (χ4n) is 12.8. The number of carbonyl (C=O) groups is 21. The van der Waals surface area contributed by atoms with Crippen molar-refractivity contribution in [1.82, 2.24) is 85.1 Å². The molecule has 0 radical (unpaired) electrons. The van der Waals surface area contributed by atoms with Crippen molar-refractivity contribution in [1.29, 1.82) is 0 Å². The molecule has 0 aromatic heterocycles. The Morgan fingerprint density at radius 3 is 0.881 bits per heavy atom. The third kappa shape index (κ3) is 44.7. The summed E-state index contributed by atoms with van der Waals surface area (Å²) >= 11 is 0. The first-order valence-electron chi connectivity index (χ1n) is 43.3. The Hall–Kier alpha value is -13.4. The summed E-state index contributed by atoms with van der Waals surface area (Å²) in [6.07, 6.45) is -4.50. The largest absolute Gasteiger partial charge is 0.508 e. The SMILES string of the molecule is CC(C)C[C@H](NC(=O)[C@H](Cc1ccc(O)cc1)NC(=O)[C@H](CC(N)=O)NC(=O)[C@H](CCCCN)NC(=O)[C@H](CCC(N)=O)NC(=O)[C@H](CC(N)=O)NC(=O)CNC(=O)[C@H](CO)NC(=O)[C@H](Cc1ccc(O)cc1)NC(=O)[C@H](CC(C)C)NC(=O)[C@H](CC(C)C)NC(=O)[C@H](CO)NC(=O)[C@H](CCC(N)=O)NC(=O)[C@H](CO)NC(=O)[C@H](CO)NC(=O)[C@@H](N)CCCCN)C(=O)N[C@@H](C)C(=O)O. The van der Waals surface area contributed by atoms with Crippen LogP contribution in [0.4, 0.5) is 0 Å². The number of aliphatic hydroxyl groups is 4. The van der Waals surface area contributed by atoms with Gasteiger partial charge in [-0.15, -0.1) is 0 Å². The van der Waals surface area contributed by atoms with Gasteiger partial charge < -0.3 is 161 Å². The van der Waals surface area contributed by atoms with Gasteiger partial charge in [-0.05, 0) is 137 Å². The van der Waals surface area contributed by atoms with Crippen molar-refractivity contribution in [2.24, 2.45) is 57.9 Å². The summed E-state index contributed by atoms with van der Waals surface area (Å²) < 4.78 is 0. The number of aromatic hydroxyl groups is 2. The van der Waals surface area contributed by atoms with Crippen LogP contribution in [0.15, 0.2) is 48.5 Å². The lowest BCUT2D eigenvalue weighted by molar-refractivity contribution is -0.142. The number of hydrogen-bond acceptors (Lipinski definition) is 30. The second-order valence-electron chi connectivity index (χ2n) is 33.1. The van der Waals surface area contributed by atoms with E-state index in [2.05, 4.69) is 85.1 Å². The van der Waals surface area contributed by atoms with E-state index in [4.69, 9.17) is 40.1 Å². The molecule has 51 nitrogen and oxygen atoms in total. The third-order valence-electron chi connectivity index (χ3n) is 20.1. The van der Waals surface area contributed by atoms with Crippen LogP contribution < -0.4 is 125 Å². The van der Waals surface area contributed by atoms with E-state index in [0.717, 1.165) is 0 Å². The minimum absolute atomic E-state index is 0.0330. The average Bonchev–Trinajstić information content (AvgIpc) is 0.850. The summed E-state index contributed by atoms with van der Waals surface area (Å²) in [5.74, 6) is -25.9. The van der Waals surface area contributed by atoms with Crippen LogP contribution in [-0.4, -0.2) is 303 Å². The number of aliphatic carboxylic acids is 1. The van der Waals surface area contributed by atoms with E-state index in [9.17, 15) is 136 Å². The van der Waals surface area contributed by atoms with Gasteiger partial charge in [-0.1, -0.05) is 72.2 Å². The summed E-state index contributed by atoms with van der Waals surface area (Å²) in [6.45, 7) is 5.86. The highest BCUT2D eigenvalue weighted by Crippen LogP contribution is 2.18. The first kappa shape index (κ1) is 117. The predicted molar refractivity (Wildman–Crippen MR) is 474 cm³/mol. The average molecular weight is 1900 g/mol. The molecule has 0 saturated carbocycles. The Bertz CT molecular complexity index is 4320. The summed E-state index contributed by atoms with van der Waals surface area (Å²) in [4.78, 5) is 284. The highest BCUT2D eigenvalue weighted by molar-refractivity contribution is 6.02. The lowest BCUT2D eigenvalue weighted by Gasteiger charge is -2.28.